The quantitative estimate of drug-likeness (QED) is 0.199. The molecule has 0 amide bonds. The molecule has 0 spiro atoms. The lowest BCUT2D eigenvalue weighted by Gasteiger charge is -2.03. The van der Waals surface area contributed by atoms with Crippen LogP contribution < -0.4 is 22.2 Å². The molecule has 0 aliphatic rings. The highest BCUT2D eigenvalue weighted by Gasteiger charge is 2.13. The van der Waals surface area contributed by atoms with Gasteiger partial charge in [0, 0.05) is 12.8 Å². The molecule has 0 aromatic carbocycles. The van der Waals surface area contributed by atoms with Gasteiger partial charge in [-0.05, 0) is 6.42 Å². The number of carbonyl (C=O) groups excluding carboxylic acids is 1. The summed E-state index contributed by atoms with van der Waals surface area (Å²) >= 11 is 0. The number of carbonyl (C=O) groups is 1. The molecule has 0 saturated heterocycles. The van der Waals surface area contributed by atoms with E-state index >= 15 is 0 Å². The van der Waals surface area contributed by atoms with Crippen molar-refractivity contribution >= 4 is 11.7 Å². The first-order valence-corrected chi connectivity index (χ1v) is 4.55. The highest BCUT2D eigenvalue weighted by Crippen LogP contribution is 1.94. The highest BCUT2D eigenvalue weighted by atomic mass is 16.1. The first-order valence-electron chi connectivity index (χ1n) is 4.55. The van der Waals surface area contributed by atoms with Crippen LogP contribution in [0.25, 0.3) is 0 Å². The maximum Gasteiger partial charge on any atom is 0.338 e. The van der Waals surface area contributed by atoms with E-state index in [0.717, 1.165) is 12.8 Å². The topological polar surface area (TPSA) is 111 Å². The molecule has 0 saturated carbocycles. The molecule has 0 aromatic rings. The largest absolute Gasteiger partial charge is 0.349 e. The molecule has 0 fully saturated rings. The van der Waals surface area contributed by atoms with Gasteiger partial charge < -0.3 is 5.73 Å². The van der Waals surface area contributed by atoms with Crippen molar-refractivity contribution in [3.05, 3.63) is 0 Å². The van der Waals surface area contributed by atoms with Crippen molar-refractivity contribution in [2.75, 3.05) is 6.54 Å². The summed E-state index contributed by atoms with van der Waals surface area (Å²) in [6.45, 7) is 2.55. The predicted octanol–water partition coefficient (Wildman–Crippen LogP) is -3.29. The summed E-state index contributed by atoms with van der Waals surface area (Å²) in [5.74, 6) is 0.437. The van der Waals surface area contributed by atoms with Gasteiger partial charge in [0.15, 0.2) is 5.78 Å². The summed E-state index contributed by atoms with van der Waals surface area (Å²) in [7, 11) is 0. The number of nitrogens with two attached hydrogens (primary N) is 2. The Kier molecular flexibility index (Phi) is 5.88. The van der Waals surface area contributed by atoms with Crippen LogP contribution in [0.5, 0.6) is 0 Å². The van der Waals surface area contributed by atoms with Crippen LogP contribution in [0, 0.1) is 0 Å². The van der Waals surface area contributed by atoms with Crippen molar-refractivity contribution in [3.63, 3.8) is 0 Å². The van der Waals surface area contributed by atoms with E-state index in [1.807, 2.05) is 6.92 Å². The minimum atomic E-state index is -0.0919. The Morgan fingerprint density at radius 2 is 2.15 bits per heavy atom. The SMILES string of the molecule is CCC(=O)[C@@H]([NH3+])CCC[NH+]=C(N)N. The Balaban J connectivity index is 3.53. The number of ketones is 1. The van der Waals surface area contributed by atoms with Crippen LogP contribution in [0.1, 0.15) is 26.2 Å². The maximum atomic E-state index is 11.1. The number of hydrogen-bond acceptors (Lipinski definition) is 1. The zero-order chi connectivity index (χ0) is 10.3. The third-order valence-electron chi connectivity index (χ3n) is 1.86. The van der Waals surface area contributed by atoms with Gasteiger partial charge in [-0.1, -0.05) is 6.92 Å². The Hall–Kier alpha value is -1.10. The van der Waals surface area contributed by atoms with Crippen molar-refractivity contribution in [1.82, 2.24) is 0 Å². The number of quaternary nitrogens is 1. The molecule has 0 aliphatic heterocycles. The molecular formula is C8H20N4O+2. The van der Waals surface area contributed by atoms with Gasteiger partial charge in [-0.25, -0.2) is 0 Å². The molecule has 0 rings (SSSR count). The fraction of sp³-hybridized carbons (Fsp3) is 0.750. The predicted molar refractivity (Wildman–Crippen MR) is 50.4 cm³/mol. The average molecular weight is 188 g/mol. The van der Waals surface area contributed by atoms with Crippen molar-refractivity contribution in [2.24, 2.45) is 11.5 Å². The van der Waals surface area contributed by atoms with Crippen LogP contribution in [0.4, 0.5) is 0 Å². The fourth-order valence-electron chi connectivity index (χ4n) is 1.03. The summed E-state index contributed by atoms with van der Waals surface area (Å²) in [5, 5.41) is 0. The van der Waals surface area contributed by atoms with Crippen LogP contribution in [0.3, 0.4) is 0 Å². The number of nitrogens with one attached hydrogen (secondary N) is 1. The molecule has 13 heavy (non-hydrogen) atoms. The van der Waals surface area contributed by atoms with Crippen LogP contribution in [0.15, 0.2) is 0 Å². The fourth-order valence-corrected chi connectivity index (χ4v) is 1.03. The Morgan fingerprint density at radius 1 is 1.54 bits per heavy atom. The summed E-state index contributed by atoms with van der Waals surface area (Å²) in [4.78, 5) is 13.9. The normalized spacial score (nSPS) is 12.2. The van der Waals surface area contributed by atoms with E-state index in [1.54, 1.807) is 0 Å². The molecule has 8 N–H and O–H groups in total. The lowest BCUT2D eigenvalue weighted by atomic mass is 10.1. The average Bonchev–Trinajstić information content (AvgIpc) is 2.10. The van der Waals surface area contributed by atoms with Gasteiger partial charge >= 0.3 is 5.96 Å². The van der Waals surface area contributed by atoms with Crippen molar-refractivity contribution < 1.29 is 15.5 Å². The second-order valence-corrected chi connectivity index (χ2v) is 3.04. The number of Topliss-reactive ketones (excluding diaryl/α,β-unsaturated/α-hetero) is 1. The molecule has 0 heterocycles. The van der Waals surface area contributed by atoms with Gasteiger partial charge in [0.05, 0.1) is 6.54 Å². The Labute approximate surface area is 78.4 Å². The number of rotatable bonds is 6. The van der Waals surface area contributed by atoms with Gasteiger partial charge in [-0.2, -0.15) is 0 Å². The van der Waals surface area contributed by atoms with Crippen LogP contribution in [-0.2, 0) is 4.79 Å². The van der Waals surface area contributed by atoms with Crippen LogP contribution >= 0.6 is 0 Å². The third kappa shape index (κ3) is 6.10. The van der Waals surface area contributed by atoms with Gasteiger partial charge in [0.25, 0.3) is 0 Å². The molecule has 0 aliphatic carbocycles. The van der Waals surface area contributed by atoms with Crippen molar-refractivity contribution in [2.45, 2.75) is 32.2 Å². The number of hydrogen-bond donors (Lipinski definition) is 4. The molecule has 5 heteroatoms. The molecular weight excluding hydrogens is 168 g/mol. The van der Waals surface area contributed by atoms with Crippen LogP contribution in [0.2, 0.25) is 0 Å². The van der Waals surface area contributed by atoms with E-state index in [-0.39, 0.29) is 17.8 Å². The molecule has 5 nitrogen and oxygen atoms in total. The molecule has 0 aromatic heterocycles. The smallest absolute Gasteiger partial charge is 0.338 e. The van der Waals surface area contributed by atoms with E-state index in [0.29, 0.717) is 13.0 Å². The van der Waals surface area contributed by atoms with E-state index in [1.165, 1.54) is 0 Å². The minimum Gasteiger partial charge on any atom is -0.349 e. The first kappa shape index (κ1) is 11.9. The number of guanidine groups is 1. The van der Waals surface area contributed by atoms with E-state index in [4.69, 9.17) is 11.5 Å². The van der Waals surface area contributed by atoms with Crippen molar-refractivity contribution in [3.8, 4) is 0 Å². The Bertz CT molecular complexity index is 187. The second-order valence-electron chi connectivity index (χ2n) is 3.04. The third-order valence-corrected chi connectivity index (χ3v) is 1.86. The molecule has 1 atom stereocenters. The lowest BCUT2D eigenvalue weighted by molar-refractivity contribution is -0.463. The second kappa shape index (κ2) is 6.42. The first-order chi connectivity index (χ1) is 6.07. The van der Waals surface area contributed by atoms with E-state index in [9.17, 15) is 4.79 Å². The van der Waals surface area contributed by atoms with Crippen LogP contribution in [-0.4, -0.2) is 24.3 Å². The van der Waals surface area contributed by atoms with E-state index in [2.05, 4.69) is 10.7 Å². The standard InChI is InChI=1S/C8H18N4O/c1-2-7(13)6(9)4-3-5-12-8(10)11/h6H,2-5,9H2,1H3,(H4,10,11,12)/p+2/t6-/m0/s1. The molecule has 0 unspecified atom stereocenters. The zero-order valence-electron chi connectivity index (χ0n) is 8.18. The molecule has 0 bridgehead atoms. The summed E-state index contributed by atoms with van der Waals surface area (Å²) in [6.07, 6.45) is 2.21. The summed E-state index contributed by atoms with van der Waals surface area (Å²) in [6, 6.07) is -0.0919. The monoisotopic (exact) mass is 188 g/mol. The van der Waals surface area contributed by atoms with Gasteiger partial charge in [0.2, 0.25) is 0 Å². The zero-order valence-corrected chi connectivity index (χ0v) is 8.18. The Morgan fingerprint density at radius 3 is 2.62 bits per heavy atom. The van der Waals surface area contributed by atoms with Gasteiger partial charge in [-0.3, -0.25) is 21.3 Å². The maximum absolute atomic E-state index is 11.1. The summed E-state index contributed by atoms with van der Waals surface area (Å²) < 4.78 is 0. The molecule has 76 valence electrons. The minimum absolute atomic E-state index is 0.0919. The summed E-state index contributed by atoms with van der Waals surface area (Å²) in [5.41, 5.74) is 14.2. The lowest BCUT2D eigenvalue weighted by Crippen LogP contribution is -2.78. The molecule has 0 radical (unpaired) electrons. The van der Waals surface area contributed by atoms with Gasteiger partial charge in [-0.15, -0.1) is 0 Å². The van der Waals surface area contributed by atoms with Crippen molar-refractivity contribution in [1.29, 1.82) is 0 Å². The van der Waals surface area contributed by atoms with Gasteiger partial charge in [0.1, 0.15) is 6.04 Å². The van der Waals surface area contributed by atoms with E-state index < -0.39 is 0 Å². The highest BCUT2D eigenvalue weighted by molar-refractivity contribution is 5.82.